The third-order valence-corrected chi connectivity index (χ3v) is 4.58. The zero-order valence-corrected chi connectivity index (χ0v) is 15.6. The van der Waals surface area contributed by atoms with Crippen molar-refractivity contribution in [2.75, 3.05) is 13.2 Å². The fourth-order valence-electron chi connectivity index (χ4n) is 3.09. The minimum absolute atomic E-state index is 0.0657. The van der Waals surface area contributed by atoms with Crippen LogP contribution < -0.4 is 15.6 Å². The van der Waals surface area contributed by atoms with Crippen molar-refractivity contribution in [1.29, 1.82) is 0 Å². The van der Waals surface area contributed by atoms with E-state index >= 15 is 0 Å². The van der Waals surface area contributed by atoms with E-state index in [1.54, 1.807) is 25.5 Å². The van der Waals surface area contributed by atoms with Crippen molar-refractivity contribution in [3.63, 3.8) is 0 Å². The number of hydrogen-bond acceptors (Lipinski definition) is 6. The van der Waals surface area contributed by atoms with Gasteiger partial charge in [-0.3, -0.25) is 10.2 Å². The van der Waals surface area contributed by atoms with Crippen molar-refractivity contribution in [3.8, 4) is 5.75 Å². The molecule has 7 nitrogen and oxygen atoms in total. The Labute approximate surface area is 157 Å². The summed E-state index contributed by atoms with van der Waals surface area (Å²) in [6, 6.07) is 6.95. The summed E-state index contributed by atoms with van der Waals surface area (Å²) in [4.78, 5) is 16.4. The Bertz CT molecular complexity index is 752. The Morgan fingerprint density at radius 2 is 2.27 bits per heavy atom. The van der Waals surface area contributed by atoms with Gasteiger partial charge < -0.3 is 14.0 Å². The smallest absolute Gasteiger partial charge is 0.325 e. The van der Waals surface area contributed by atoms with E-state index in [0.29, 0.717) is 30.5 Å². The van der Waals surface area contributed by atoms with Gasteiger partial charge in [0.15, 0.2) is 0 Å². The maximum absolute atomic E-state index is 12.2. The molecule has 2 N–H and O–H groups in total. The number of rotatable bonds is 7. The van der Waals surface area contributed by atoms with Crippen LogP contribution in [-0.2, 0) is 16.1 Å². The van der Waals surface area contributed by atoms with Gasteiger partial charge in [-0.2, -0.15) is 0 Å². The van der Waals surface area contributed by atoms with Crippen LogP contribution in [0.2, 0.25) is 5.02 Å². The molecule has 1 fully saturated rings. The highest BCUT2D eigenvalue weighted by Gasteiger charge is 2.37. The molecule has 1 aliphatic rings. The quantitative estimate of drug-likeness (QED) is 0.719. The molecule has 1 aromatic carbocycles. The van der Waals surface area contributed by atoms with Gasteiger partial charge in [-0.25, -0.2) is 10.4 Å². The minimum Gasteiger partial charge on any atom is -0.487 e. The van der Waals surface area contributed by atoms with Crippen molar-refractivity contribution in [1.82, 2.24) is 20.4 Å². The SMILES string of the molecule is CCOC(=O)C1NNCC1c1cncn1CC(C)Oc1ccccc1Cl. The number of carbonyl (C=O) groups excluding carboxylic acids is 1. The maximum atomic E-state index is 12.2. The number of ether oxygens (including phenoxy) is 2. The molecule has 0 radical (unpaired) electrons. The molecular formula is C18H23ClN4O3. The third kappa shape index (κ3) is 4.17. The average molecular weight is 379 g/mol. The van der Waals surface area contributed by atoms with E-state index in [4.69, 9.17) is 21.1 Å². The fraction of sp³-hybridized carbons (Fsp3) is 0.444. The van der Waals surface area contributed by atoms with E-state index in [1.807, 2.05) is 29.7 Å². The Kier molecular flexibility index (Phi) is 6.13. The molecule has 8 heteroatoms. The summed E-state index contributed by atoms with van der Waals surface area (Å²) in [7, 11) is 0. The van der Waals surface area contributed by atoms with Gasteiger partial charge in [0.1, 0.15) is 17.9 Å². The number of esters is 1. The lowest BCUT2D eigenvalue weighted by Crippen LogP contribution is -2.39. The van der Waals surface area contributed by atoms with Crippen LogP contribution in [0.3, 0.4) is 0 Å². The second kappa shape index (κ2) is 8.53. The summed E-state index contributed by atoms with van der Waals surface area (Å²) in [5.41, 5.74) is 6.98. The van der Waals surface area contributed by atoms with Crippen molar-refractivity contribution >= 4 is 17.6 Å². The lowest BCUT2D eigenvalue weighted by Gasteiger charge is -2.21. The minimum atomic E-state index is -0.440. The zero-order chi connectivity index (χ0) is 18.5. The number of hydrogen-bond donors (Lipinski definition) is 2. The molecule has 1 aliphatic heterocycles. The molecule has 1 aromatic heterocycles. The number of nitrogens with one attached hydrogen (secondary N) is 2. The highest BCUT2D eigenvalue weighted by atomic mass is 35.5. The Balaban J connectivity index is 1.70. The van der Waals surface area contributed by atoms with Crippen molar-refractivity contribution in [2.45, 2.75) is 38.5 Å². The summed E-state index contributed by atoms with van der Waals surface area (Å²) >= 11 is 6.16. The van der Waals surface area contributed by atoms with Crippen molar-refractivity contribution < 1.29 is 14.3 Å². The van der Waals surface area contributed by atoms with E-state index in [2.05, 4.69) is 15.8 Å². The number of carbonyl (C=O) groups is 1. The first-order valence-electron chi connectivity index (χ1n) is 8.66. The first-order valence-corrected chi connectivity index (χ1v) is 9.04. The molecule has 0 amide bonds. The van der Waals surface area contributed by atoms with Gasteiger partial charge in [0.2, 0.25) is 0 Å². The van der Waals surface area contributed by atoms with Crippen LogP contribution in [0.5, 0.6) is 5.75 Å². The molecule has 26 heavy (non-hydrogen) atoms. The lowest BCUT2D eigenvalue weighted by molar-refractivity contribution is -0.145. The molecule has 0 aliphatic carbocycles. The third-order valence-electron chi connectivity index (χ3n) is 4.27. The fourth-order valence-corrected chi connectivity index (χ4v) is 3.27. The molecule has 3 atom stereocenters. The summed E-state index contributed by atoms with van der Waals surface area (Å²) in [6.07, 6.45) is 3.42. The van der Waals surface area contributed by atoms with Gasteiger partial charge in [-0.05, 0) is 26.0 Å². The van der Waals surface area contributed by atoms with Crippen LogP contribution in [0.1, 0.15) is 25.5 Å². The Morgan fingerprint density at radius 1 is 1.46 bits per heavy atom. The second-order valence-electron chi connectivity index (χ2n) is 6.19. The predicted octanol–water partition coefficient (Wildman–Crippen LogP) is 2.13. The monoisotopic (exact) mass is 378 g/mol. The molecule has 2 heterocycles. The molecule has 0 saturated carbocycles. The van der Waals surface area contributed by atoms with Crippen molar-refractivity contribution in [2.24, 2.45) is 0 Å². The maximum Gasteiger partial charge on any atom is 0.325 e. The number of hydrazine groups is 1. The molecule has 1 saturated heterocycles. The summed E-state index contributed by atoms with van der Waals surface area (Å²) in [6.45, 7) is 5.33. The van der Waals surface area contributed by atoms with E-state index in [1.165, 1.54) is 0 Å². The number of para-hydroxylation sites is 1. The summed E-state index contributed by atoms with van der Waals surface area (Å²) in [5, 5.41) is 0.580. The highest BCUT2D eigenvalue weighted by Crippen LogP contribution is 2.26. The van der Waals surface area contributed by atoms with Crippen LogP contribution in [-0.4, -0.2) is 40.8 Å². The van der Waals surface area contributed by atoms with E-state index in [9.17, 15) is 4.79 Å². The van der Waals surface area contributed by atoms with E-state index in [-0.39, 0.29) is 18.0 Å². The topological polar surface area (TPSA) is 77.4 Å². The average Bonchev–Trinajstić information content (AvgIpc) is 3.25. The molecule has 2 aromatic rings. The second-order valence-corrected chi connectivity index (χ2v) is 6.60. The van der Waals surface area contributed by atoms with Gasteiger partial charge in [-0.1, -0.05) is 23.7 Å². The summed E-state index contributed by atoms with van der Waals surface area (Å²) in [5.74, 6) is 0.316. The summed E-state index contributed by atoms with van der Waals surface area (Å²) < 4.78 is 13.1. The normalized spacial score (nSPS) is 20.7. The number of imidazole rings is 1. The number of aromatic nitrogens is 2. The number of halogens is 1. The van der Waals surface area contributed by atoms with Crippen LogP contribution in [0.25, 0.3) is 0 Å². The van der Waals surface area contributed by atoms with Gasteiger partial charge in [0, 0.05) is 24.4 Å². The van der Waals surface area contributed by atoms with E-state index in [0.717, 1.165) is 5.69 Å². The lowest BCUT2D eigenvalue weighted by atomic mass is 9.98. The molecule has 140 valence electrons. The molecule has 3 rings (SSSR count). The molecular weight excluding hydrogens is 356 g/mol. The molecule has 3 unspecified atom stereocenters. The number of nitrogens with zero attached hydrogens (tertiary/aromatic N) is 2. The van der Waals surface area contributed by atoms with Crippen LogP contribution in [0, 0.1) is 0 Å². The zero-order valence-electron chi connectivity index (χ0n) is 14.8. The molecule has 0 spiro atoms. The Hall–Kier alpha value is -2.09. The van der Waals surface area contributed by atoms with Crippen molar-refractivity contribution in [3.05, 3.63) is 47.5 Å². The first kappa shape index (κ1) is 18.7. The van der Waals surface area contributed by atoms with Gasteiger partial charge >= 0.3 is 5.97 Å². The first-order chi connectivity index (χ1) is 12.6. The van der Waals surface area contributed by atoms with Crippen LogP contribution >= 0.6 is 11.6 Å². The standard InChI is InChI=1S/C18H23ClN4O3/c1-3-25-18(24)17-13(8-21-22-17)15-9-20-11-23(15)10-12(2)26-16-7-5-4-6-14(16)19/h4-7,9,11-13,17,21-22H,3,8,10H2,1-2H3. The van der Waals surface area contributed by atoms with Gasteiger partial charge in [-0.15, -0.1) is 0 Å². The predicted molar refractivity (Wildman–Crippen MR) is 98.1 cm³/mol. The highest BCUT2D eigenvalue weighted by molar-refractivity contribution is 6.32. The number of benzene rings is 1. The van der Waals surface area contributed by atoms with E-state index < -0.39 is 6.04 Å². The largest absolute Gasteiger partial charge is 0.487 e. The van der Waals surface area contributed by atoms with Crippen LogP contribution in [0.15, 0.2) is 36.8 Å². The van der Waals surface area contributed by atoms with Crippen LogP contribution in [0.4, 0.5) is 0 Å². The van der Waals surface area contributed by atoms with Gasteiger partial charge in [0.05, 0.1) is 24.5 Å². The Morgan fingerprint density at radius 3 is 3.04 bits per heavy atom. The molecule has 0 bridgehead atoms. The van der Waals surface area contributed by atoms with Gasteiger partial charge in [0.25, 0.3) is 0 Å².